The van der Waals surface area contributed by atoms with Crippen molar-refractivity contribution in [1.82, 2.24) is 19.3 Å². The van der Waals surface area contributed by atoms with E-state index >= 15 is 0 Å². The van der Waals surface area contributed by atoms with E-state index in [9.17, 15) is 4.79 Å². The third-order valence-electron chi connectivity index (χ3n) is 2.97. The van der Waals surface area contributed by atoms with Gasteiger partial charge in [0.25, 0.3) is 0 Å². The minimum absolute atomic E-state index is 0.160. The summed E-state index contributed by atoms with van der Waals surface area (Å²) >= 11 is 0. The van der Waals surface area contributed by atoms with E-state index in [1.807, 2.05) is 20.0 Å². The first kappa shape index (κ1) is 14.1. The van der Waals surface area contributed by atoms with Crippen molar-refractivity contribution < 1.29 is 9.53 Å². The number of imidazole rings is 1. The minimum Gasteiger partial charge on any atom is -0.461 e. The van der Waals surface area contributed by atoms with Gasteiger partial charge in [0.15, 0.2) is 5.69 Å². The zero-order valence-corrected chi connectivity index (χ0v) is 12.0. The molecule has 0 unspecified atom stereocenters. The van der Waals surface area contributed by atoms with Crippen molar-refractivity contribution in [2.24, 2.45) is 0 Å². The highest BCUT2D eigenvalue weighted by Gasteiger charge is 2.22. The van der Waals surface area contributed by atoms with Crippen LogP contribution < -0.4 is 5.73 Å². The summed E-state index contributed by atoms with van der Waals surface area (Å²) in [6.07, 6.45) is 4.22. The predicted octanol–water partition coefficient (Wildman–Crippen LogP) is 1.41. The summed E-state index contributed by atoms with van der Waals surface area (Å²) in [7, 11) is 0. The van der Waals surface area contributed by atoms with Crippen molar-refractivity contribution in [1.29, 1.82) is 0 Å². The maximum atomic E-state index is 11.8. The molecule has 0 spiro atoms. The molecule has 0 aliphatic heterocycles. The largest absolute Gasteiger partial charge is 0.461 e. The van der Waals surface area contributed by atoms with Crippen LogP contribution in [0, 0.1) is 0 Å². The molecular formula is C13H19N5O2. The third kappa shape index (κ3) is 2.38. The number of anilines is 1. The summed E-state index contributed by atoms with van der Waals surface area (Å²) in [4.78, 5) is 16.1. The molecule has 108 valence electrons. The number of carbonyl (C=O) groups is 1. The summed E-state index contributed by atoms with van der Waals surface area (Å²) in [5, 5.41) is 4.21. The van der Waals surface area contributed by atoms with Crippen molar-refractivity contribution in [3.05, 3.63) is 23.9 Å². The average molecular weight is 277 g/mol. The van der Waals surface area contributed by atoms with Gasteiger partial charge in [-0.25, -0.2) is 9.78 Å². The maximum absolute atomic E-state index is 11.8. The van der Waals surface area contributed by atoms with Gasteiger partial charge in [-0.2, -0.15) is 5.10 Å². The molecule has 0 fully saturated rings. The van der Waals surface area contributed by atoms with Gasteiger partial charge in [0.1, 0.15) is 11.6 Å². The van der Waals surface area contributed by atoms with Crippen LogP contribution in [0.3, 0.4) is 0 Å². The van der Waals surface area contributed by atoms with Crippen LogP contribution in [0.25, 0.3) is 5.69 Å². The number of hydrogen-bond donors (Lipinski definition) is 1. The lowest BCUT2D eigenvalue weighted by atomic mass is 10.4. The Morgan fingerprint density at radius 1 is 1.40 bits per heavy atom. The zero-order valence-electron chi connectivity index (χ0n) is 12.0. The van der Waals surface area contributed by atoms with Gasteiger partial charge < -0.3 is 10.5 Å². The van der Waals surface area contributed by atoms with Gasteiger partial charge in [-0.1, -0.05) is 6.92 Å². The van der Waals surface area contributed by atoms with Crippen LogP contribution in [-0.4, -0.2) is 31.9 Å². The lowest BCUT2D eigenvalue weighted by Crippen LogP contribution is -2.09. The number of nitrogen functional groups attached to an aromatic ring is 1. The normalized spacial score (nSPS) is 10.8. The standard InChI is InChI=1S/C13H19N5O2/c1-4-10-16-11(13(19)20-6-3)12(14)18(10)9-7-15-17(5-2)8-9/h7-8H,4-6,14H2,1-3H3. The van der Waals surface area contributed by atoms with Crippen molar-refractivity contribution in [3.63, 3.8) is 0 Å². The Morgan fingerprint density at radius 2 is 2.15 bits per heavy atom. The molecule has 0 atom stereocenters. The summed E-state index contributed by atoms with van der Waals surface area (Å²) < 4.78 is 8.50. The molecule has 7 heteroatoms. The fourth-order valence-corrected chi connectivity index (χ4v) is 2.00. The van der Waals surface area contributed by atoms with Gasteiger partial charge in [-0.05, 0) is 13.8 Å². The van der Waals surface area contributed by atoms with E-state index in [-0.39, 0.29) is 11.5 Å². The molecular weight excluding hydrogens is 258 g/mol. The lowest BCUT2D eigenvalue weighted by Gasteiger charge is -2.05. The SMILES string of the molecule is CCOC(=O)c1nc(CC)n(-c2cnn(CC)c2)c1N. The molecule has 0 saturated heterocycles. The van der Waals surface area contributed by atoms with E-state index in [4.69, 9.17) is 10.5 Å². The van der Waals surface area contributed by atoms with E-state index < -0.39 is 5.97 Å². The quantitative estimate of drug-likeness (QED) is 0.835. The number of ether oxygens (including phenoxy) is 1. The van der Waals surface area contributed by atoms with Crippen LogP contribution in [0.2, 0.25) is 0 Å². The fourth-order valence-electron chi connectivity index (χ4n) is 2.00. The number of hydrogen-bond acceptors (Lipinski definition) is 5. The summed E-state index contributed by atoms with van der Waals surface area (Å²) in [5.74, 6) is 0.499. The summed E-state index contributed by atoms with van der Waals surface area (Å²) in [6, 6.07) is 0. The maximum Gasteiger partial charge on any atom is 0.360 e. The molecule has 7 nitrogen and oxygen atoms in total. The number of rotatable bonds is 5. The molecule has 2 N–H and O–H groups in total. The molecule has 0 aromatic carbocycles. The Kier molecular flexibility index (Phi) is 4.07. The van der Waals surface area contributed by atoms with Gasteiger partial charge in [-0.15, -0.1) is 0 Å². The molecule has 0 amide bonds. The first-order valence-corrected chi connectivity index (χ1v) is 6.69. The topological polar surface area (TPSA) is 88.0 Å². The van der Waals surface area contributed by atoms with Crippen molar-refractivity contribution in [2.75, 3.05) is 12.3 Å². The fraction of sp³-hybridized carbons (Fsp3) is 0.462. The van der Waals surface area contributed by atoms with Gasteiger partial charge in [0, 0.05) is 19.2 Å². The number of aryl methyl sites for hydroxylation is 2. The molecule has 0 bridgehead atoms. The van der Waals surface area contributed by atoms with Gasteiger partial charge in [0.2, 0.25) is 0 Å². The van der Waals surface area contributed by atoms with Crippen LogP contribution in [-0.2, 0) is 17.7 Å². The first-order chi connectivity index (χ1) is 9.62. The number of carbonyl (C=O) groups excluding carboxylic acids is 1. The molecule has 0 radical (unpaired) electrons. The highest BCUT2D eigenvalue weighted by Crippen LogP contribution is 2.21. The number of esters is 1. The Bertz CT molecular complexity index is 614. The van der Waals surface area contributed by atoms with Crippen LogP contribution in [0.5, 0.6) is 0 Å². The van der Waals surface area contributed by atoms with E-state index in [1.165, 1.54) is 0 Å². The zero-order chi connectivity index (χ0) is 14.7. The number of nitrogens with zero attached hydrogens (tertiary/aromatic N) is 4. The van der Waals surface area contributed by atoms with Gasteiger partial charge in [-0.3, -0.25) is 9.25 Å². The van der Waals surface area contributed by atoms with Gasteiger partial charge in [0.05, 0.1) is 18.5 Å². The highest BCUT2D eigenvalue weighted by atomic mass is 16.5. The predicted molar refractivity (Wildman–Crippen MR) is 74.8 cm³/mol. The monoisotopic (exact) mass is 277 g/mol. The van der Waals surface area contributed by atoms with E-state index in [0.29, 0.717) is 18.9 Å². The van der Waals surface area contributed by atoms with E-state index in [2.05, 4.69) is 10.1 Å². The molecule has 0 aliphatic carbocycles. The minimum atomic E-state index is -0.499. The Morgan fingerprint density at radius 3 is 2.70 bits per heavy atom. The van der Waals surface area contributed by atoms with Crippen molar-refractivity contribution in [2.45, 2.75) is 33.7 Å². The summed E-state index contributed by atoms with van der Waals surface area (Å²) in [5.41, 5.74) is 7.01. The highest BCUT2D eigenvalue weighted by molar-refractivity contribution is 5.92. The molecule has 20 heavy (non-hydrogen) atoms. The Hall–Kier alpha value is -2.31. The van der Waals surface area contributed by atoms with E-state index in [0.717, 1.165) is 12.2 Å². The molecule has 2 aromatic rings. The number of aromatic nitrogens is 4. The van der Waals surface area contributed by atoms with E-state index in [1.54, 1.807) is 22.4 Å². The van der Waals surface area contributed by atoms with Crippen molar-refractivity contribution in [3.8, 4) is 5.69 Å². The van der Waals surface area contributed by atoms with Crippen molar-refractivity contribution >= 4 is 11.8 Å². The summed E-state index contributed by atoms with van der Waals surface area (Å²) in [6.45, 7) is 6.76. The first-order valence-electron chi connectivity index (χ1n) is 6.69. The molecule has 0 saturated carbocycles. The van der Waals surface area contributed by atoms with Crippen LogP contribution in [0.1, 0.15) is 37.1 Å². The molecule has 2 aromatic heterocycles. The van der Waals surface area contributed by atoms with Crippen LogP contribution in [0.15, 0.2) is 12.4 Å². The lowest BCUT2D eigenvalue weighted by molar-refractivity contribution is 0.0521. The van der Waals surface area contributed by atoms with Gasteiger partial charge >= 0.3 is 5.97 Å². The molecule has 2 rings (SSSR count). The average Bonchev–Trinajstić information content (AvgIpc) is 3.02. The third-order valence-corrected chi connectivity index (χ3v) is 2.97. The molecule has 0 aliphatic rings. The molecule has 2 heterocycles. The number of nitrogens with two attached hydrogens (primary N) is 1. The second kappa shape index (κ2) is 5.77. The smallest absolute Gasteiger partial charge is 0.360 e. The Balaban J connectivity index is 2.49. The van der Waals surface area contributed by atoms with Crippen LogP contribution >= 0.6 is 0 Å². The van der Waals surface area contributed by atoms with Crippen LogP contribution in [0.4, 0.5) is 5.82 Å². The second-order valence-electron chi connectivity index (χ2n) is 4.23. The Labute approximate surface area is 117 Å². The second-order valence-corrected chi connectivity index (χ2v) is 4.23.